The van der Waals surface area contributed by atoms with Gasteiger partial charge in [0.15, 0.2) is 5.15 Å². The van der Waals surface area contributed by atoms with Crippen molar-refractivity contribution >= 4 is 44.8 Å². The zero-order chi connectivity index (χ0) is 14.3. The molecule has 1 aliphatic heterocycles. The Morgan fingerprint density at radius 2 is 2.10 bits per heavy atom. The van der Waals surface area contributed by atoms with Crippen LogP contribution in [0.15, 0.2) is 29.2 Å². The second-order valence-electron chi connectivity index (χ2n) is 4.06. The molecule has 0 bridgehead atoms. The molecule has 2 heterocycles. The lowest BCUT2D eigenvalue weighted by atomic mass is 10.2. The number of halogens is 2. The van der Waals surface area contributed by atoms with Crippen LogP contribution >= 0.6 is 34.7 Å². The summed E-state index contributed by atoms with van der Waals surface area (Å²) in [6.45, 7) is 0.194. The third-order valence-electron chi connectivity index (χ3n) is 2.82. The molecule has 1 aliphatic rings. The Kier molecular flexibility index (Phi) is 3.74. The van der Waals surface area contributed by atoms with Gasteiger partial charge in [-0.1, -0.05) is 45.9 Å². The number of hydrogen-bond acceptors (Lipinski definition) is 5. The molecule has 0 spiro atoms. The number of rotatable bonds is 3. The van der Waals surface area contributed by atoms with Crippen molar-refractivity contribution in [3.8, 4) is 0 Å². The fourth-order valence-corrected chi connectivity index (χ4v) is 4.37. The van der Waals surface area contributed by atoms with Crippen LogP contribution in [0.5, 0.6) is 0 Å². The standard InChI is InChI=1S/C11H8Cl2N2O3S2/c12-10-8(19-14-11(10)13)6-18-15-5-7-3-1-2-4-9(7)20(15,16)17/h1-4H,5-6H2. The van der Waals surface area contributed by atoms with Crippen molar-refractivity contribution in [1.82, 2.24) is 8.84 Å². The minimum absolute atomic E-state index is 0.0104. The first-order valence-electron chi connectivity index (χ1n) is 5.53. The van der Waals surface area contributed by atoms with Crippen LogP contribution < -0.4 is 0 Å². The molecular weight excluding hydrogens is 343 g/mol. The number of sulfonamides is 1. The fraction of sp³-hybridized carbons (Fsp3) is 0.182. The smallest absolute Gasteiger partial charge is 0.265 e. The molecule has 20 heavy (non-hydrogen) atoms. The Morgan fingerprint density at radius 1 is 1.35 bits per heavy atom. The molecule has 9 heteroatoms. The van der Waals surface area contributed by atoms with Crippen LogP contribution in [0.3, 0.4) is 0 Å². The van der Waals surface area contributed by atoms with Gasteiger partial charge in [0.25, 0.3) is 10.0 Å². The fourth-order valence-electron chi connectivity index (χ4n) is 1.85. The first-order valence-corrected chi connectivity index (χ1v) is 8.50. The highest BCUT2D eigenvalue weighted by Crippen LogP contribution is 2.33. The molecule has 0 radical (unpaired) electrons. The highest BCUT2D eigenvalue weighted by molar-refractivity contribution is 7.89. The summed E-state index contributed by atoms with van der Waals surface area (Å²) in [5, 5.41) is 0.494. The number of nitrogens with zero attached hydrogens (tertiary/aromatic N) is 2. The SMILES string of the molecule is O=S1(=O)c2ccccc2CN1OCc1snc(Cl)c1Cl. The van der Waals surface area contributed by atoms with Crippen molar-refractivity contribution in [2.45, 2.75) is 18.0 Å². The van der Waals surface area contributed by atoms with Gasteiger partial charge in [0.2, 0.25) is 0 Å². The van der Waals surface area contributed by atoms with Crippen LogP contribution in [0.4, 0.5) is 0 Å². The minimum Gasteiger partial charge on any atom is -0.278 e. The predicted molar refractivity (Wildman–Crippen MR) is 76.1 cm³/mol. The number of hydroxylamine groups is 1. The van der Waals surface area contributed by atoms with Crippen molar-refractivity contribution in [3.63, 3.8) is 0 Å². The van der Waals surface area contributed by atoms with Crippen LogP contribution in [0.1, 0.15) is 10.4 Å². The van der Waals surface area contributed by atoms with Crippen molar-refractivity contribution in [3.05, 3.63) is 44.9 Å². The van der Waals surface area contributed by atoms with Crippen LogP contribution in [0, 0.1) is 0 Å². The van der Waals surface area contributed by atoms with E-state index in [9.17, 15) is 8.42 Å². The summed E-state index contributed by atoms with van der Waals surface area (Å²) in [7, 11) is -3.60. The molecule has 1 aromatic carbocycles. The molecule has 0 saturated carbocycles. The molecule has 0 aliphatic carbocycles. The van der Waals surface area contributed by atoms with Gasteiger partial charge in [-0.2, -0.15) is 4.37 Å². The van der Waals surface area contributed by atoms with Gasteiger partial charge in [0.05, 0.1) is 21.3 Å². The molecule has 2 aromatic rings. The summed E-state index contributed by atoms with van der Waals surface area (Å²) in [6, 6.07) is 6.79. The van der Waals surface area contributed by atoms with E-state index in [4.69, 9.17) is 28.0 Å². The summed E-state index contributed by atoms with van der Waals surface area (Å²) in [5.74, 6) is 0. The molecule has 0 N–H and O–H groups in total. The molecule has 0 saturated heterocycles. The molecule has 0 amide bonds. The van der Waals surface area contributed by atoms with E-state index in [1.54, 1.807) is 24.3 Å². The monoisotopic (exact) mass is 350 g/mol. The van der Waals surface area contributed by atoms with Gasteiger partial charge >= 0.3 is 0 Å². The van der Waals surface area contributed by atoms with Gasteiger partial charge in [-0.25, -0.2) is 8.42 Å². The first kappa shape index (κ1) is 14.2. The lowest BCUT2D eigenvalue weighted by Gasteiger charge is -2.13. The second kappa shape index (κ2) is 5.25. The molecular formula is C11H8Cl2N2O3S2. The number of fused-ring (bicyclic) bond motifs is 1. The van der Waals surface area contributed by atoms with Gasteiger partial charge in [-0.3, -0.25) is 4.84 Å². The normalized spacial score (nSPS) is 17.3. The Morgan fingerprint density at radius 3 is 2.75 bits per heavy atom. The van der Waals surface area contributed by atoms with E-state index in [-0.39, 0.29) is 23.2 Å². The summed E-state index contributed by atoms with van der Waals surface area (Å²) >= 11 is 12.7. The Balaban J connectivity index is 1.79. The highest BCUT2D eigenvalue weighted by atomic mass is 35.5. The van der Waals surface area contributed by atoms with Gasteiger partial charge in [0, 0.05) is 0 Å². The minimum atomic E-state index is -3.60. The third kappa shape index (κ3) is 2.34. The average molecular weight is 351 g/mol. The molecule has 106 valence electrons. The third-order valence-corrected chi connectivity index (χ3v) is 6.35. The van der Waals surface area contributed by atoms with Gasteiger partial charge in [-0.15, -0.1) is 0 Å². The van der Waals surface area contributed by atoms with E-state index in [2.05, 4.69) is 4.37 Å². The van der Waals surface area contributed by atoms with E-state index < -0.39 is 10.0 Å². The molecule has 0 atom stereocenters. The summed E-state index contributed by atoms with van der Waals surface area (Å²) in [5.41, 5.74) is 0.709. The Bertz CT molecular complexity index is 761. The molecule has 1 aromatic heterocycles. The van der Waals surface area contributed by atoms with Gasteiger partial charge < -0.3 is 0 Å². The van der Waals surface area contributed by atoms with Crippen molar-refractivity contribution in [2.75, 3.05) is 0 Å². The predicted octanol–water partition coefficient (Wildman–Crippen LogP) is 3.09. The summed E-state index contributed by atoms with van der Waals surface area (Å²) < 4.78 is 29.3. The Labute approximate surface area is 129 Å². The zero-order valence-corrected chi connectivity index (χ0v) is 13.1. The number of benzene rings is 1. The Hall–Kier alpha value is -0.700. The summed E-state index contributed by atoms with van der Waals surface area (Å²) in [6.07, 6.45) is 0. The van der Waals surface area contributed by atoms with Crippen molar-refractivity contribution < 1.29 is 13.3 Å². The molecule has 0 fully saturated rings. The highest BCUT2D eigenvalue weighted by Gasteiger charge is 2.35. The maximum atomic E-state index is 12.2. The van der Waals surface area contributed by atoms with Crippen LogP contribution in [0.25, 0.3) is 0 Å². The molecule has 0 unspecified atom stereocenters. The molecule has 5 nitrogen and oxygen atoms in total. The lowest BCUT2D eigenvalue weighted by molar-refractivity contribution is -0.0976. The topological polar surface area (TPSA) is 59.5 Å². The van der Waals surface area contributed by atoms with E-state index in [1.807, 2.05) is 0 Å². The van der Waals surface area contributed by atoms with E-state index in [0.29, 0.717) is 15.5 Å². The van der Waals surface area contributed by atoms with Crippen LogP contribution in [-0.2, 0) is 28.0 Å². The number of aromatic nitrogens is 1. The van der Waals surface area contributed by atoms with Gasteiger partial charge in [-0.05, 0) is 23.2 Å². The maximum Gasteiger partial charge on any atom is 0.265 e. The molecule has 3 rings (SSSR count). The van der Waals surface area contributed by atoms with Crippen molar-refractivity contribution in [2.24, 2.45) is 0 Å². The maximum absolute atomic E-state index is 12.2. The quantitative estimate of drug-likeness (QED) is 0.853. The van der Waals surface area contributed by atoms with Crippen LogP contribution in [0.2, 0.25) is 10.2 Å². The second-order valence-corrected chi connectivity index (χ2v) is 7.45. The first-order chi connectivity index (χ1) is 9.50. The lowest BCUT2D eigenvalue weighted by Crippen LogP contribution is -2.24. The van der Waals surface area contributed by atoms with Crippen molar-refractivity contribution in [1.29, 1.82) is 0 Å². The average Bonchev–Trinajstić information content (AvgIpc) is 2.87. The summed E-state index contributed by atoms with van der Waals surface area (Å²) in [4.78, 5) is 6.21. The van der Waals surface area contributed by atoms with Crippen LogP contribution in [-0.4, -0.2) is 17.3 Å². The van der Waals surface area contributed by atoms with E-state index in [0.717, 1.165) is 16.0 Å². The van der Waals surface area contributed by atoms with E-state index >= 15 is 0 Å². The largest absolute Gasteiger partial charge is 0.278 e. The number of hydrogen-bond donors (Lipinski definition) is 0. The van der Waals surface area contributed by atoms with Gasteiger partial charge in [0.1, 0.15) is 6.61 Å². The zero-order valence-electron chi connectivity index (χ0n) is 9.92. The van der Waals surface area contributed by atoms with E-state index in [1.165, 1.54) is 0 Å².